The molecule has 2 N–H and O–H groups in total. The van der Waals surface area contributed by atoms with Gasteiger partial charge in [-0.2, -0.15) is 0 Å². The molecule has 2 nitrogen and oxygen atoms in total. The third-order valence-electron chi connectivity index (χ3n) is 2.28. The minimum atomic E-state index is 0.542. The summed E-state index contributed by atoms with van der Waals surface area (Å²) in [5.41, 5.74) is 4.74. The van der Waals surface area contributed by atoms with Crippen LogP contribution >= 0.6 is 0 Å². The molecule has 1 aliphatic rings. The molecule has 0 atom stereocenters. The fourth-order valence-corrected chi connectivity index (χ4v) is 1.46. The summed E-state index contributed by atoms with van der Waals surface area (Å²) in [4.78, 5) is 0. The van der Waals surface area contributed by atoms with Crippen molar-refractivity contribution < 1.29 is 5.21 Å². The molecule has 0 bridgehead atoms. The summed E-state index contributed by atoms with van der Waals surface area (Å²) in [7, 11) is 0. The van der Waals surface area contributed by atoms with Crippen LogP contribution in [0.15, 0.2) is 24.3 Å². The van der Waals surface area contributed by atoms with Gasteiger partial charge in [0.15, 0.2) is 0 Å². The Morgan fingerprint density at radius 1 is 1.42 bits per heavy atom. The summed E-state index contributed by atoms with van der Waals surface area (Å²) >= 11 is 0. The van der Waals surface area contributed by atoms with Crippen LogP contribution in [0.1, 0.15) is 29.9 Å². The molecule has 0 heterocycles. The summed E-state index contributed by atoms with van der Waals surface area (Å²) in [5, 5.41) is 8.51. The minimum Gasteiger partial charge on any atom is -0.316 e. The van der Waals surface area contributed by atoms with Gasteiger partial charge in [0, 0.05) is 6.54 Å². The Kier molecular flexibility index (Phi) is 2.11. The monoisotopic (exact) mass is 163 g/mol. The number of benzene rings is 1. The van der Waals surface area contributed by atoms with Gasteiger partial charge in [0.05, 0.1) is 0 Å². The minimum absolute atomic E-state index is 0.542. The Balaban J connectivity index is 2.15. The second-order valence-electron chi connectivity index (χ2n) is 3.35. The molecule has 0 aromatic heterocycles. The van der Waals surface area contributed by atoms with Gasteiger partial charge in [-0.15, -0.1) is 0 Å². The highest BCUT2D eigenvalue weighted by Crippen LogP contribution is 2.40. The van der Waals surface area contributed by atoms with Crippen LogP contribution in [0.5, 0.6) is 0 Å². The van der Waals surface area contributed by atoms with Gasteiger partial charge >= 0.3 is 0 Å². The molecule has 12 heavy (non-hydrogen) atoms. The average molecular weight is 163 g/mol. The standard InChI is InChI=1S/C10H13NO/c12-11-7-8-2-1-3-10(6-8)9-4-5-9/h1-3,6,9,11-12H,4-5,7H2. The van der Waals surface area contributed by atoms with E-state index in [0.29, 0.717) is 6.54 Å². The van der Waals surface area contributed by atoms with Gasteiger partial charge in [-0.1, -0.05) is 24.3 Å². The van der Waals surface area contributed by atoms with Gasteiger partial charge in [-0.05, 0) is 29.9 Å². The molecular formula is C10H13NO. The van der Waals surface area contributed by atoms with Crippen molar-refractivity contribution in [1.29, 1.82) is 0 Å². The third kappa shape index (κ3) is 1.65. The first-order chi connectivity index (χ1) is 5.90. The summed E-state index contributed by atoms with van der Waals surface area (Å²) in [6.45, 7) is 0.542. The second-order valence-corrected chi connectivity index (χ2v) is 3.35. The smallest absolute Gasteiger partial charge is 0.0458 e. The van der Waals surface area contributed by atoms with Gasteiger partial charge in [0.1, 0.15) is 0 Å². The molecule has 0 spiro atoms. The predicted molar refractivity (Wildman–Crippen MR) is 47.0 cm³/mol. The second kappa shape index (κ2) is 3.25. The lowest BCUT2D eigenvalue weighted by Crippen LogP contribution is -2.05. The van der Waals surface area contributed by atoms with E-state index in [2.05, 4.69) is 23.7 Å². The van der Waals surface area contributed by atoms with Gasteiger partial charge < -0.3 is 5.21 Å². The van der Waals surface area contributed by atoms with Gasteiger partial charge in [-0.3, -0.25) is 0 Å². The van der Waals surface area contributed by atoms with E-state index in [-0.39, 0.29) is 0 Å². The van der Waals surface area contributed by atoms with E-state index in [4.69, 9.17) is 5.21 Å². The lowest BCUT2D eigenvalue weighted by Gasteiger charge is -2.02. The molecule has 1 aliphatic carbocycles. The number of nitrogens with one attached hydrogen (secondary N) is 1. The summed E-state index contributed by atoms with van der Waals surface area (Å²) in [6, 6.07) is 8.41. The Hall–Kier alpha value is -0.860. The fraction of sp³-hybridized carbons (Fsp3) is 0.400. The van der Waals surface area contributed by atoms with E-state index in [1.807, 2.05) is 6.07 Å². The van der Waals surface area contributed by atoms with Crippen LogP contribution in [-0.2, 0) is 6.54 Å². The molecule has 1 saturated carbocycles. The SMILES string of the molecule is ONCc1cccc(C2CC2)c1. The van der Waals surface area contributed by atoms with Gasteiger partial charge in [0.25, 0.3) is 0 Å². The van der Waals surface area contributed by atoms with E-state index >= 15 is 0 Å². The Bertz CT molecular complexity index is 268. The molecule has 0 radical (unpaired) electrons. The fourth-order valence-electron chi connectivity index (χ4n) is 1.46. The Morgan fingerprint density at radius 3 is 2.92 bits per heavy atom. The third-order valence-corrected chi connectivity index (χ3v) is 2.28. The molecule has 1 fully saturated rings. The van der Waals surface area contributed by atoms with Crippen LogP contribution in [0.4, 0.5) is 0 Å². The molecule has 1 aromatic rings. The first-order valence-electron chi connectivity index (χ1n) is 4.36. The van der Waals surface area contributed by atoms with Crippen LogP contribution in [0.2, 0.25) is 0 Å². The van der Waals surface area contributed by atoms with Gasteiger partial charge in [-0.25, -0.2) is 5.48 Å². The van der Waals surface area contributed by atoms with E-state index in [9.17, 15) is 0 Å². The van der Waals surface area contributed by atoms with E-state index in [1.54, 1.807) is 0 Å². The number of hydrogen-bond donors (Lipinski definition) is 2. The van der Waals surface area contributed by atoms with Crippen LogP contribution in [-0.4, -0.2) is 5.21 Å². The first-order valence-corrected chi connectivity index (χ1v) is 4.36. The summed E-state index contributed by atoms with van der Waals surface area (Å²) in [5.74, 6) is 0.795. The van der Waals surface area contributed by atoms with Crippen molar-refractivity contribution in [1.82, 2.24) is 5.48 Å². The zero-order valence-electron chi connectivity index (χ0n) is 6.96. The normalized spacial score (nSPS) is 16.4. The maximum Gasteiger partial charge on any atom is 0.0458 e. The van der Waals surface area contributed by atoms with Crippen molar-refractivity contribution in [3.05, 3.63) is 35.4 Å². The van der Waals surface area contributed by atoms with Gasteiger partial charge in [0.2, 0.25) is 0 Å². The molecule has 0 aliphatic heterocycles. The lowest BCUT2D eigenvalue weighted by atomic mass is 10.1. The lowest BCUT2D eigenvalue weighted by molar-refractivity contribution is 0.161. The molecule has 2 rings (SSSR count). The van der Waals surface area contributed by atoms with Crippen LogP contribution in [0.3, 0.4) is 0 Å². The molecular weight excluding hydrogens is 150 g/mol. The highest BCUT2D eigenvalue weighted by Gasteiger charge is 2.23. The van der Waals surface area contributed by atoms with Crippen molar-refractivity contribution >= 4 is 0 Å². The zero-order valence-corrected chi connectivity index (χ0v) is 6.96. The molecule has 64 valence electrons. The van der Waals surface area contributed by atoms with Crippen molar-refractivity contribution in [2.45, 2.75) is 25.3 Å². The Labute approximate surface area is 72.2 Å². The van der Waals surface area contributed by atoms with Crippen LogP contribution in [0, 0.1) is 0 Å². The van der Waals surface area contributed by atoms with Crippen molar-refractivity contribution in [3.63, 3.8) is 0 Å². The summed E-state index contributed by atoms with van der Waals surface area (Å²) < 4.78 is 0. The van der Waals surface area contributed by atoms with E-state index in [0.717, 1.165) is 11.5 Å². The topological polar surface area (TPSA) is 32.3 Å². The highest BCUT2D eigenvalue weighted by atomic mass is 16.5. The predicted octanol–water partition coefficient (Wildman–Crippen LogP) is 2.04. The maximum atomic E-state index is 8.51. The largest absolute Gasteiger partial charge is 0.316 e. The summed E-state index contributed by atoms with van der Waals surface area (Å²) in [6.07, 6.45) is 2.66. The average Bonchev–Trinajstić information content (AvgIpc) is 2.88. The van der Waals surface area contributed by atoms with E-state index in [1.165, 1.54) is 18.4 Å². The maximum absolute atomic E-state index is 8.51. The first kappa shape index (κ1) is 7.77. The zero-order chi connectivity index (χ0) is 8.39. The molecule has 1 aromatic carbocycles. The number of hydrogen-bond acceptors (Lipinski definition) is 2. The quantitative estimate of drug-likeness (QED) is 0.668. The molecule has 0 saturated heterocycles. The van der Waals surface area contributed by atoms with Crippen molar-refractivity contribution in [3.8, 4) is 0 Å². The number of hydroxylamine groups is 1. The molecule has 0 unspecified atom stereocenters. The van der Waals surface area contributed by atoms with Crippen LogP contribution in [0.25, 0.3) is 0 Å². The Morgan fingerprint density at radius 2 is 2.25 bits per heavy atom. The molecule has 2 heteroatoms. The van der Waals surface area contributed by atoms with Crippen molar-refractivity contribution in [2.24, 2.45) is 0 Å². The number of rotatable bonds is 3. The van der Waals surface area contributed by atoms with E-state index < -0.39 is 0 Å². The van der Waals surface area contributed by atoms with Crippen LogP contribution < -0.4 is 5.48 Å². The molecule has 0 amide bonds. The van der Waals surface area contributed by atoms with Crippen molar-refractivity contribution in [2.75, 3.05) is 0 Å². The highest BCUT2D eigenvalue weighted by molar-refractivity contribution is 5.28.